The monoisotopic (exact) mass is 170 g/mol. The molecule has 12 heavy (non-hydrogen) atoms. The van der Waals surface area contributed by atoms with Crippen LogP contribution >= 0.6 is 0 Å². The molecule has 0 spiro atoms. The van der Waals surface area contributed by atoms with E-state index in [1.165, 1.54) is 6.92 Å². The second-order valence-corrected chi connectivity index (χ2v) is 2.96. The molecule has 0 unspecified atom stereocenters. The third-order valence-corrected chi connectivity index (χ3v) is 2.06. The van der Waals surface area contributed by atoms with Crippen LogP contribution < -0.4 is 0 Å². The van der Waals surface area contributed by atoms with Crippen molar-refractivity contribution in [2.24, 2.45) is 0 Å². The van der Waals surface area contributed by atoms with Gasteiger partial charge in [-0.2, -0.15) is 0 Å². The maximum Gasteiger partial charge on any atom is 0.132 e. The average Bonchev–Trinajstić information content (AvgIpc) is 2.08. The maximum absolute atomic E-state index is 13.2. The molecule has 0 saturated heterocycles. The fourth-order valence-electron chi connectivity index (χ4n) is 1.28. The van der Waals surface area contributed by atoms with Crippen LogP contribution in [0.1, 0.15) is 23.6 Å². The van der Waals surface area contributed by atoms with E-state index in [4.69, 9.17) is 0 Å². The lowest BCUT2D eigenvalue weighted by atomic mass is 10.0. The number of aryl methyl sites for hydroxylation is 2. The molecule has 0 aliphatic heterocycles. The standard InChI is InChI=1S/C10H12F2/c1-4-8-5-6(2)9(11)7(3)10(8)12/h5H,4H2,1-3H3. The van der Waals surface area contributed by atoms with Crippen molar-refractivity contribution in [2.45, 2.75) is 27.2 Å². The highest BCUT2D eigenvalue weighted by molar-refractivity contribution is 5.32. The lowest BCUT2D eigenvalue weighted by Crippen LogP contribution is -1.98. The summed E-state index contributed by atoms with van der Waals surface area (Å²) in [5.74, 6) is -0.828. The predicted octanol–water partition coefficient (Wildman–Crippen LogP) is 3.14. The van der Waals surface area contributed by atoms with Gasteiger partial charge >= 0.3 is 0 Å². The SMILES string of the molecule is CCc1cc(C)c(F)c(C)c1F. The molecule has 0 amide bonds. The zero-order valence-electron chi connectivity index (χ0n) is 7.54. The summed E-state index contributed by atoms with van der Waals surface area (Å²) in [5, 5.41) is 0. The van der Waals surface area contributed by atoms with E-state index in [1.807, 2.05) is 6.92 Å². The smallest absolute Gasteiger partial charge is 0.132 e. The van der Waals surface area contributed by atoms with Gasteiger partial charge in [-0.1, -0.05) is 13.0 Å². The molecule has 0 aliphatic rings. The van der Waals surface area contributed by atoms with E-state index in [0.717, 1.165) is 0 Å². The van der Waals surface area contributed by atoms with Gasteiger partial charge in [0.05, 0.1) is 0 Å². The Morgan fingerprint density at radius 1 is 1.17 bits per heavy atom. The first-order valence-corrected chi connectivity index (χ1v) is 4.02. The van der Waals surface area contributed by atoms with Gasteiger partial charge in [0.2, 0.25) is 0 Å². The zero-order valence-corrected chi connectivity index (χ0v) is 7.54. The average molecular weight is 170 g/mol. The molecule has 0 heterocycles. The fraction of sp³-hybridized carbons (Fsp3) is 0.400. The van der Waals surface area contributed by atoms with E-state index in [1.54, 1.807) is 13.0 Å². The first-order chi connectivity index (χ1) is 5.57. The van der Waals surface area contributed by atoms with Crippen molar-refractivity contribution in [2.75, 3.05) is 0 Å². The van der Waals surface area contributed by atoms with Crippen LogP contribution in [-0.4, -0.2) is 0 Å². The number of benzene rings is 1. The molecule has 0 bridgehead atoms. The van der Waals surface area contributed by atoms with Crippen LogP contribution in [0.2, 0.25) is 0 Å². The number of rotatable bonds is 1. The van der Waals surface area contributed by atoms with Gasteiger partial charge < -0.3 is 0 Å². The Hall–Kier alpha value is -0.920. The van der Waals surface area contributed by atoms with E-state index in [2.05, 4.69) is 0 Å². The topological polar surface area (TPSA) is 0 Å². The second kappa shape index (κ2) is 3.21. The Morgan fingerprint density at radius 3 is 2.25 bits per heavy atom. The molecule has 1 aromatic carbocycles. The van der Waals surface area contributed by atoms with Crippen molar-refractivity contribution < 1.29 is 8.78 Å². The highest BCUT2D eigenvalue weighted by Crippen LogP contribution is 2.19. The zero-order chi connectivity index (χ0) is 9.30. The van der Waals surface area contributed by atoms with Gasteiger partial charge in [0.1, 0.15) is 11.6 Å². The molecule has 0 fully saturated rings. The molecule has 0 saturated carbocycles. The molecular formula is C10H12F2. The predicted molar refractivity (Wildman–Crippen MR) is 45.2 cm³/mol. The van der Waals surface area contributed by atoms with Crippen molar-refractivity contribution in [1.29, 1.82) is 0 Å². The minimum atomic E-state index is -0.426. The molecule has 1 rings (SSSR count). The summed E-state index contributed by atoms with van der Waals surface area (Å²) in [6.45, 7) is 4.98. The maximum atomic E-state index is 13.2. The van der Waals surface area contributed by atoms with Crippen LogP contribution in [0.5, 0.6) is 0 Å². The third kappa shape index (κ3) is 1.33. The first-order valence-electron chi connectivity index (χ1n) is 4.02. The highest BCUT2D eigenvalue weighted by Gasteiger charge is 2.10. The summed E-state index contributed by atoms with van der Waals surface area (Å²) in [6.07, 6.45) is 0.605. The van der Waals surface area contributed by atoms with Gasteiger partial charge in [-0.25, -0.2) is 8.78 Å². The number of hydrogen-bond donors (Lipinski definition) is 0. The van der Waals surface area contributed by atoms with Gasteiger partial charge in [0, 0.05) is 5.56 Å². The van der Waals surface area contributed by atoms with Crippen molar-refractivity contribution in [3.8, 4) is 0 Å². The lowest BCUT2D eigenvalue weighted by Gasteiger charge is -2.06. The van der Waals surface area contributed by atoms with Gasteiger partial charge in [0.15, 0.2) is 0 Å². The van der Waals surface area contributed by atoms with Crippen molar-refractivity contribution in [3.63, 3.8) is 0 Å². The molecule has 0 nitrogen and oxygen atoms in total. The van der Waals surface area contributed by atoms with Gasteiger partial charge in [-0.05, 0) is 31.4 Å². The van der Waals surface area contributed by atoms with Crippen LogP contribution in [0.25, 0.3) is 0 Å². The molecule has 0 N–H and O–H groups in total. The molecule has 0 aromatic heterocycles. The Balaban J connectivity index is 3.39. The summed E-state index contributed by atoms with van der Waals surface area (Å²) >= 11 is 0. The van der Waals surface area contributed by atoms with E-state index < -0.39 is 11.6 Å². The quantitative estimate of drug-likeness (QED) is 0.607. The lowest BCUT2D eigenvalue weighted by molar-refractivity contribution is 0.553. The number of halogens is 2. The summed E-state index contributed by atoms with van der Waals surface area (Å²) in [7, 11) is 0. The normalized spacial score (nSPS) is 10.4. The second-order valence-electron chi connectivity index (χ2n) is 2.96. The third-order valence-electron chi connectivity index (χ3n) is 2.06. The van der Waals surface area contributed by atoms with Crippen molar-refractivity contribution in [3.05, 3.63) is 34.4 Å². The fourth-order valence-corrected chi connectivity index (χ4v) is 1.28. The van der Waals surface area contributed by atoms with Gasteiger partial charge in [0.25, 0.3) is 0 Å². The van der Waals surface area contributed by atoms with E-state index in [9.17, 15) is 8.78 Å². The highest BCUT2D eigenvalue weighted by atomic mass is 19.1. The van der Waals surface area contributed by atoms with E-state index >= 15 is 0 Å². The number of hydrogen-bond acceptors (Lipinski definition) is 0. The Kier molecular flexibility index (Phi) is 2.46. The summed E-state index contributed by atoms with van der Waals surface area (Å²) in [4.78, 5) is 0. The summed E-state index contributed by atoms with van der Waals surface area (Å²) in [6, 6.07) is 1.57. The van der Waals surface area contributed by atoms with E-state index in [-0.39, 0.29) is 5.56 Å². The van der Waals surface area contributed by atoms with E-state index in [0.29, 0.717) is 17.5 Å². The Labute approximate surface area is 71.2 Å². The largest absolute Gasteiger partial charge is 0.206 e. The molecule has 0 aliphatic carbocycles. The summed E-state index contributed by atoms with van der Waals surface area (Å²) < 4.78 is 26.3. The molecular weight excluding hydrogens is 158 g/mol. The van der Waals surface area contributed by atoms with Crippen LogP contribution in [0.15, 0.2) is 6.07 Å². The van der Waals surface area contributed by atoms with Crippen molar-refractivity contribution in [1.82, 2.24) is 0 Å². The van der Waals surface area contributed by atoms with Crippen molar-refractivity contribution >= 4 is 0 Å². The van der Waals surface area contributed by atoms with Crippen LogP contribution in [0.4, 0.5) is 8.78 Å². The first kappa shape index (κ1) is 9.17. The van der Waals surface area contributed by atoms with Crippen LogP contribution in [0, 0.1) is 25.5 Å². The van der Waals surface area contributed by atoms with Crippen LogP contribution in [0.3, 0.4) is 0 Å². The molecule has 0 radical (unpaired) electrons. The minimum Gasteiger partial charge on any atom is -0.206 e. The van der Waals surface area contributed by atoms with Gasteiger partial charge in [-0.3, -0.25) is 0 Å². The Morgan fingerprint density at radius 2 is 1.75 bits per heavy atom. The summed E-state index contributed by atoms with van der Waals surface area (Å²) in [5.41, 5.74) is 1.24. The minimum absolute atomic E-state index is 0.131. The molecule has 1 aromatic rings. The molecule has 66 valence electrons. The molecule has 0 atom stereocenters. The molecule has 2 heteroatoms. The Bertz CT molecular complexity index is 303. The van der Waals surface area contributed by atoms with Crippen LogP contribution in [-0.2, 0) is 6.42 Å². The van der Waals surface area contributed by atoms with Gasteiger partial charge in [-0.15, -0.1) is 0 Å².